The molecule has 0 unspecified atom stereocenters. The molecular formula is C8H24N4O2P2S. The quantitative estimate of drug-likeness (QED) is 0.690. The number of hydrogen-bond donors (Lipinski definition) is 0. The Kier molecular flexibility index (Phi) is 6.47. The van der Waals surface area contributed by atoms with Crippen LogP contribution in [0.4, 0.5) is 0 Å². The van der Waals surface area contributed by atoms with Gasteiger partial charge in [0.15, 0.2) is 0 Å². The van der Waals surface area contributed by atoms with Crippen LogP contribution in [0, 0.1) is 0 Å². The molecule has 0 amide bonds. The first-order valence-corrected chi connectivity index (χ1v) is 9.26. The standard InChI is InChI=1S/C8H24N4O2P2S/c1-9(2)15(13,10(3)4)14-16(17,11(5)6)12(7)8/h1-8H3. The molecule has 0 aromatic carbocycles. The molecule has 0 N–H and O–H groups in total. The normalized spacial score (nSPS) is 14.4. The minimum absolute atomic E-state index is 1.58. The van der Waals surface area contributed by atoms with E-state index in [0.29, 0.717) is 0 Å². The van der Waals surface area contributed by atoms with Crippen LogP contribution in [0.25, 0.3) is 0 Å². The molecule has 0 fully saturated rings. The molecule has 9 heteroatoms. The summed E-state index contributed by atoms with van der Waals surface area (Å²) in [5.41, 5.74) is 0. The Morgan fingerprint density at radius 2 is 1.06 bits per heavy atom. The van der Waals surface area contributed by atoms with Crippen molar-refractivity contribution in [2.45, 2.75) is 0 Å². The van der Waals surface area contributed by atoms with Gasteiger partial charge in [-0.05, 0) is 68.2 Å². The zero-order chi connectivity index (χ0) is 14.0. The van der Waals surface area contributed by atoms with Crippen molar-refractivity contribution in [1.82, 2.24) is 18.7 Å². The van der Waals surface area contributed by atoms with E-state index in [1.165, 1.54) is 0 Å². The molecule has 17 heavy (non-hydrogen) atoms. The van der Waals surface area contributed by atoms with Gasteiger partial charge >= 0.3 is 7.67 Å². The van der Waals surface area contributed by atoms with E-state index in [0.717, 1.165) is 0 Å². The maximum absolute atomic E-state index is 12.8. The van der Waals surface area contributed by atoms with Gasteiger partial charge in [-0.1, -0.05) is 0 Å². The summed E-state index contributed by atoms with van der Waals surface area (Å²) in [5.74, 6) is 0. The molecule has 0 heterocycles. The molecule has 0 saturated carbocycles. The third kappa shape index (κ3) is 3.82. The van der Waals surface area contributed by atoms with Crippen LogP contribution >= 0.6 is 14.2 Å². The monoisotopic (exact) mass is 302 g/mol. The van der Waals surface area contributed by atoms with Crippen molar-refractivity contribution < 1.29 is 8.88 Å². The summed E-state index contributed by atoms with van der Waals surface area (Å²) in [5, 5.41) is 0. The fraction of sp³-hybridized carbons (Fsp3) is 1.00. The summed E-state index contributed by atoms with van der Waals surface area (Å²) in [6, 6.07) is 0. The molecule has 0 aromatic rings. The average molecular weight is 302 g/mol. The van der Waals surface area contributed by atoms with Gasteiger partial charge in [0.2, 0.25) is 6.57 Å². The zero-order valence-corrected chi connectivity index (χ0v) is 14.5. The lowest BCUT2D eigenvalue weighted by atomic mass is 11.3. The summed E-state index contributed by atoms with van der Waals surface area (Å²) >= 11 is 5.55. The molecule has 0 bridgehead atoms. The Morgan fingerprint density at radius 3 is 1.24 bits per heavy atom. The van der Waals surface area contributed by atoms with Gasteiger partial charge in [0.1, 0.15) is 0 Å². The molecule has 0 radical (unpaired) electrons. The number of hydrogen-bond acceptors (Lipinski definition) is 3. The average Bonchev–Trinajstić information content (AvgIpc) is 2.15. The molecular weight excluding hydrogens is 278 g/mol. The van der Waals surface area contributed by atoms with Crippen LogP contribution in [0.5, 0.6) is 0 Å². The molecule has 0 rings (SSSR count). The second-order valence-electron chi connectivity index (χ2n) is 4.45. The Bertz CT molecular complexity index is 290. The molecule has 6 nitrogen and oxygen atoms in total. The van der Waals surface area contributed by atoms with E-state index in [1.807, 2.05) is 37.5 Å². The number of rotatable bonds is 6. The predicted octanol–water partition coefficient (Wildman–Crippen LogP) is 1.58. The molecule has 0 spiro atoms. The van der Waals surface area contributed by atoms with E-state index in [1.54, 1.807) is 37.5 Å². The Balaban J connectivity index is 5.39. The lowest BCUT2D eigenvalue weighted by Crippen LogP contribution is -2.28. The van der Waals surface area contributed by atoms with Gasteiger partial charge in [-0.3, -0.25) is 4.57 Å². The smallest absolute Gasteiger partial charge is 0.255 e. The highest BCUT2D eigenvalue weighted by molar-refractivity contribution is 8.11. The fourth-order valence-electron chi connectivity index (χ4n) is 1.15. The van der Waals surface area contributed by atoms with Crippen LogP contribution in [0.1, 0.15) is 0 Å². The van der Waals surface area contributed by atoms with E-state index in [-0.39, 0.29) is 0 Å². The summed E-state index contributed by atoms with van der Waals surface area (Å²) < 4.78 is 25.4. The minimum Gasteiger partial charge on any atom is -0.255 e. The first-order valence-electron chi connectivity index (χ1n) is 5.11. The van der Waals surface area contributed by atoms with Crippen molar-refractivity contribution >= 4 is 26.0 Å². The van der Waals surface area contributed by atoms with E-state index >= 15 is 0 Å². The molecule has 0 saturated heterocycles. The second kappa shape index (κ2) is 6.22. The molecule has 0 atom stereocenters. The lowest BCUT2D eigenvalue weighted by molar-refractivity contribution is 0.340. The summed E-state index contributed by atoms with van der Waals surface area (Å²) in [4.78, 5) is 0. The molecule has 104 valence electrons. The van der Waals surface area contributed by atoms with E-state index in [4.69, 9.17) is 16.1 Å². The van der Waals surface area contributed by atoms with Gasteiger partial charge in [0.25, 0.3) is 0 Å². The van der Waals surface area contributed by atoms with Gasteiger partial charge < -0.3 is 0 Å². The van der Waals surface area contributed by atoms with E-state index < -0.39 is 14.2 Å². The van der Waals surface area contributed by atoms with Gasteiger partial charge in [-0.2, -0.15) is 0 Å². The molecule has 0 aliphatic rings. The maximum Gasteiger partial charge on any atom is 0.350 e. The van der Waals surface area contributed by atoms with Crippen molar-refractivity contribution in [3.05, 3.63) is 0 Å². The summed E-state index contributed by atoms with van der Waals surface area (Å²) in [6.07, 6.45) is 0. The third-order valence-corrected chi connectivity index (χ3v) is 10.5. The Labute approximate surface area is 110 Å². The fourth-order valence-corrected chi connectivity index (χ4v) is 6.80. The molecule has 0 aromatic heterocycles. The first kappa shape index (κ1) is 17.7. The SMILES string of the molecule is CN(C)P(=O)(OP(=S)(N(C)C)N(C)C)N(C)C. The summed E-state index contributed by atoms with van der Waals surface area (Å²) in [7, 11) is 11.2. The van der Waals surface area contributed by atoms with Crippen molar-refractivity contribution in [3.8, 4) is 0 Å². The van der Waals surface area contributed by atoms with Crippen molar-refractivity contribution in [3.63, 3.8) is 0 Å². The molecule has 0 aliphatic heterocycles. The topological polar surface area (TPSA) is 39.3 Å². The minimum atomic E-state index is -3.06. The first-order chi connectivity index (χ1) is 7.48. The van der Waals surface area contributed by atoms with Gasteiger partial charge in [-0.25, -0.2) is 23.0 Å². The van der Waals surface area contributed by atoms with Crippen molar-refractivity contribution in [2.75, 3.05) is 56.4 Å². The van der Waals surface area contributed by atoms with Gasteiger partial charge in [0.05, 0.1) is 0 Å². The van der Waals surface area contributed by atoms with E-state index in [9.17, 15) is 4.57 Å². The van der Waals surface area contributed by atoms with Crippen LogP contribution < -0.4 is 0 Å². The van der Waals surface area contributed by atoms with Crippen LogP contribution in [-0.4, -0.2) is 75.1 Å². The zero-order valence-electron chi connectivity index (χ0n) is 11.9. The largest absolute Gasteiger partial charge is 0.350 e. The predicted molar refractivity (Wildman–Crippen MR) is 77.7 cm³/mol. The third-order valence-electron chi connectivity index (χ3n) is 2.23. The van der Waals surface area contributed by atoms with Crippen molar-refractivity contribution in [1.29, 1.82) is 0 Å². The number of nitrogens with zero attached hydrogens (tertiary/aromatic N) is 4. The highest BCUT2D eigenvalue weighted by Gasteiger charge is 2.39. The highest BCUT2D eigenvalue weighted by atomic mass is 32.5. The summed E-state index contributed by atoms with van der Waals surface area (Å²) in [6.45, 7) is -2.44. The highest BCUT2D eigenvalue weighted by Crippen LogP contribution is 2.66. The van der Waals surface area contributed by atoms with Crippen LogP contribution in [0.15, 0.2) is 0 Å². The van der Waals surface area contributed by atoms with Crippen LogP contribution in [-0.2, 0) is 20.7 Å². The van der Waals surface area contributed by atoms with Gasteiger partial charge in [-0.15, -0.1) is 0 Å². The Hall–Kier alpha value is 0.680. The van der Waals surface area contributed by atoms with E-state index in [2.05, 4.69) is 0 Å². The van der Waals surface area contributed by atoms with Gasteiger partial charge in [0, 0.05) is 0 Å². The second-order valence-corrected chi connectivity index (χ2v) is 11.7. The van der Waals surface area contributed by atoms with Crippen LogP contribution in [0.2, 0.25) is 0 Å². The molecule has 0 aliphatic carbocycles. The maximum atomic E-state index is 12.8. The van der Waals surface area contributed by atoms with Crippen LogP contribution in [0.3, 0.4) is 0 Å². The van der Waals surface area contributed by atoms with Crippen molar-refractivity contribution in [2.24, 2.45) is 0 Å². The Morgan fingerprint density at radius 1 is 0.765 bits per heavy atom. The lowest BCUT2D eigenvalue weighted by Gasteiger charge is -2.39.